The van der Waals surface area contributed by atoms with Crippen molar-refractivity contribution in [1.29, 1.82) is 0 Å². The van der Waals surface area contributed by atoms with Crippen LogP contribution in [0, 0.1) is 0 Å². The van der Waals surface area contributed by atoms with Crippen LogP contribution >= 0.6 is 43.5 Å². The van der Waals surface area contributed by atoms with Gasteiger partial charge in [0.2, 0.25) is 0 Å². The first-order chi connectivity index (χ1) is 9.11. The lowest BCUT2D eigenvalue weighted by Gasteiger charge is -2.13. The van der Waals surface area contributed by atoms with E-state index in [0.717, 1.165) is 26.7 Å². The maximum atomic E-state index is 6.21. The zero-order chi connectivity index (χ0) is 13.8. The van der Waals surface area contributed by atoms with Gasteiger partial charge < -0.3 is 10.5 Å². The zero-order valence-corrected chi connectivity index (χ0v) is 13.9. The molecule has 0 bridgehead atoms. The van der Waals surface area contributed by atoms with Crippen LogP contribution in [-0.2, 0) is 6.42 Å². The van der Waals surface area contributed by atoms with Gasteiger partial charge in [0.25, 0.3) is 0 Å². The fraction of sp³-hybridized carbons (Fsp3) is 0.143. The molecule has 19 heavy (non-hydrogen) atoms. The molecule has 0 unspecified atom stereocenters. The SMILES string of the molecule is NCCc1cccc(Cl)c1Oc1ccc(Br)cc1Br. The number of ether oxygens (including phenoxy) is 1. The van der Waals surface area contributed by atoms with E-state index in [1.54, 1.807) is 0 Å². The topological polar surface area (TPSA) is 35.2 Å². The lowest BCUT2D eigenvalue weighted by Crippen LogP contribution is -2.04. The van der Waals surface area contributed by atoms with Crippen molar-refractivity contribution < 1.29 is 4.74 Å². The summed E-state index contributed by atoms with van der Waals surface area (Å²) in [7, 11) is 0. The van der Waals surface area contributed by atoms with Crippen molar-refractivity contribution in [2.24, 2.45) is 5.73 Å². The molecule has 2 N–H and O–H groups in total. The Kier molecular flexibility index (Phi) is 5.28. The van der Waals surface area contributed by atoms with E-state index in [4.69, 9.17) is 22.1 Å². The molecule has 0 radical (unpaired) electrons. The summed E-state index contributed by atoms with van der Waals surface area (Å²) in [5, 5.41) is 0.584. The van der Waals surface area contributed by atoms with E-state index in [-0.39, 0.29) is 0 Å². The van der Waals surface area contributed by atoms with E-state index in [0.29, 0.717) is 17.3 Å². The number of benzene rings is 2. The number of para-hydroxylation sites is 1. The normalized spacial score (nSPS) is 10.5. The van der Waals surface area contributed by atoms with Crippen molar-refractivity contribution >= 4 is 43.5 Å². The molecular weight excluding hydrogens is 393 g/mol. The third kappa shape index (κ3) is 3.72. The largest absolute Gasteiger partial charge is 0.454 e. The Bertz CT molecular complexity index is 590. The van der Waals surface area contributed by atoms with Crippen molar-refractivity contribution in [3.63, 3.8) is 0 Å². The van der Waals surface area contributed by atoms with Gasteiger partial charge >= 0.3 is 0 Å². The molecule has 0 saturated heterocycles. The third-order valence-electron chi connectivity index (χ3n) is 2.57. The minimum atomic E-state index is 0.554. The molecular formula is C14H12Br2ClNO. The monoisotopic (exact) mass is 403 g/mol. The predicted octanol–water partition coefficient (Wildman–Crippen LogP) is 5.16. The van der Waals surface area contributed by atoms with E-state index >= 15 is 0 Å². The highest BCUT2D eigenvalue weighted by Crippen LogP contribution is 2.37. The van der Waals surface area contributed by atoms with Crippen molar-refractivity contribution in [1.82, 2.24) is 0 Å². The summed E-state index contributed by atoms with van der Waals surface area (Å²) < 4.78 is 7.76. The smallest absolute Gasteiger partial charge is 0.149 e. The fourth-order valence-electron chi connectivity index (χ4n) is 1.69. The molecule has 0 amide bonds. The average molecular weight is 406 g/mol. The Balaban J connectivity index is 2.37. The molecule has 2 nitrogen and oxygen atoms in total. The van der Waals surface area contributed by atoms with Crippen LogP contribution in [0.25, 0.3) is 0 Å². The zero-order valence-electron chi connectivity index (χ0n) is 10.00. The molecule has 0 fully saturated rings. The Labute approximate surface area is 134 Å². The predicted molar refractivity (Wildman–Crippen MR) is 86.1 cm³/mol. The average Bonchev–Trinajstić information content (AvgIpc) is 2.36. The molecule has 0 aliphatic heterocycles. The van der Waals surface area contributed by atoms with E-state index in [1.165, 1.54) is 0 Å². The van der Waals surface area contributed by atoms with E-state index in [9.17, 15) is 0 Å². The molecule has 2 aromatic rings. The standard InChI is InChI=1S/C14H12Br2ClNO/c15-10-4-5-13(11(16)8-10)19-14-9(6-7-18)2-1-3-12(14)17/h1-5,8H,6-7,18H2. The second-order valence-corrected chi connectivity index (χ2v) is 6.12. The molecule has 0 aliphatic rings. The van der Waals surface area contributed by atoms with Gasteiger partial charge in [0.05, 0.1) is 9.50 Å². The number of hydrogen-bond donors (Lipinski definition) is 1. The lowest BCUT2D eigenvalue weighted by atomic mass is 10.1. The van der Waals surface area contributed by atoms with E-state index in [2.05, 4.69) is 31.9 Å². The molecule has 0 aromatic heterocycles. The first kappa shape index (κ1) is 14.9. The van der Waals surface area contributed by atoms with Gasteiger partial charge in [-0.05, 0) is 58.7 Å². The maximum Gasteiger partial charge on any atom is 0.149 e. The van der Waals surface area contributed by atoms with Gasteiger partial charge in [-0.15, -0.1) is 0 Å². The van der Waals surface area contributed by atoms with Crippen LogP contribution < -0.4 is 10.5 Å². The van der Waals surface area contributed by atoms with Crippen LogP contribution in [0.5, 0.6) is 11.5 Å². The molecule has 0 heterocycles. The van der Waals surface area contributed by atoms with Crippen LogP contribution in [0.3, 0.4) is 0 Å². The molecule has 0 saturated carbocycles. The summed E-state index contributed by atoms with van der Waals surface area (Å²) in [4.78, 5) is 0. The second-order valence-electron chi connectivity index (χ2n) is 3.94. The molecule has 2 aromatic carbocycles. The van der Waals surface area contributed by atoms with Crippen LogP contribution in [0.15, 0.2) is 45.3 Å². The van der Waals surface area contributed by atoms with Gasteiger partial charge in [-0.1, -0.05) is 39.7 Å². The molecule has 2 rings (SSSR count). The third-order valence-corrected chi connectivity index (χ3v) is 3.98. The molecule has 5 heteroatoms. The van der Waals surface area contributed by atoms with Gasteiger partial charge in [0, 0.05) is 4.47 Å². The van der Waals surface area contributed by atoms with Gasteiger partial charge in [-0.2, -0.15) is 0 Å². The minimum Gasteiger partial charge on any atom is -0.454 e. The van der Waals surface area contributed by atoms with Crippen LogP contribution in [0.4, 0.5) is 0 Å². The number of halogens is 3. The summed E-state index contributed by atoms with van der Waals surface area (Å²) in [6.45, 7) is 0.554. The Morgan fingerprint density at radius 3 is 2.63 bits per heavy atom. The maximum absolute atomic E-state index is 6.21. The first-order valence-electron chi connectivity index (χ1n) is 5.72. The van der Waals surface area contributed by atoms with Gasteiger partial charge in [-0.3, -0.25) is 0 Å². The molecule has 0 atom stereocenters. The Morgan fingerprint density at radius 1 is 1.16 bits per heavy atom. The highest BCUT2D eigenvalue weighted by Gasteiger charge is 2.11. The summed E-state index contributed by atoms with van der Waals surface area (Å²) in [5.74, 6) is 1.38. The number of nitrogens with two attached hydrogens (primary N) is 1. The minimum absolute atomic E-state index is 0.554. The molecule has 100 valence electrons. The second kappa shape index (κ2) is 6.75. The van der Waals surface area contributed by atoms with Crippen LogP contribution in [0.2, 0.25) is 5.02 Å². The van der Waals surface area contributed by atoms with E-state index in [1.807, 2.05) is 36.4 Å². The van der Waals surface area contributed by atoms with Gasteiger partial charge in [0.15, 0.2) is 0 Å². The van der Waals surface area contributed by atoms with E-state index < -0.39 is 0 Å². The van der Waals surface area contributed by atoms with Gasteiger partial charge in [0.1, 0.15) is 11.5 Å². The van der Waals surface area contributed by atoms with Gasteiger partial charge in [-0.25, -0.2) is 0 Å². The van der Waals surface area contributed by atoms with Crippen LogP contribution in [-0.4, -0.2) is 6.54 Å². The summed E-state index contributed by atoms with van der Waals surface area (Å²) in [6.07, 6.45) is 0.726. The lowest BCUT2D eigenvalue weighted by molar-refractivity contribution is 0.473. The first-order valence-corrected chi connectivity index (χ1v) is 7.68. The summed E-state index contributed by atoms with van der Waals surface area (Å²) in [6, 6.07) is 11.4. The van der Waals surface area contributed by atoms with Crippen molar-refractivity contribution in [2.75, 3.05) is 6.54 Å². The van der Waals surface area contributed by atoms with Crippen LogP contribution in [0.1, 0.15) is 5.56 Å². The molecule has 0 aliphatic carbocycles. The number of rotatable bonds is 4. The van der Waals surface area contributed by atoms with Crippen molar-refractivity contribution in [2.45, 2.75) is 6.42 Å². The highest BCUT2D eigenvalue weighted by molar-refractivity contribution is 9.11. The fourth-order valence-corrected chi connectivity index (χ4v) is 3.05. The molecule has 0 spiro atoms. The quantitative estimate of drug-likeness (QED) is 0.763. The van der Waals surface area contributed by atoms with Crippen molar-refractivity contribution in [3.05, 3.63) is 55.9 Å². The summed E-state index contributed by atoms with van der Waals surface area (Å²) in [5.41, 5.74) is 6.61. The van der Waals surface area contributed by atoms with Crippen molar-refractivity contribution in [3.8, 4) is 11.5 Å². The Morgan fingerprint density at radius 2 is 1.95 bits per heavy atom. The highest BCUT2D eigenvalue weighted by atomic mass is 79.9. The summed E-state index contributed by atoms with van der Waals surface area (Å²) >= 11 is 13.1. The number of hydrogen-bond acceptors (Lipinski definition) is 2. The Hall–Kier alpha value is -0.550.